The van der Waals surface area contributed by atoms with Gasteiger partial charge in [0.2, 0.25) is 0 Å². The van der Waals surface area contributed by atoms with Gasteiger partial charge in [-0.25, -0.2) is 4.79 Å². The van der Waals surface area contributed by atoms with Crippen LogP contribution in [0.2, 0.25) is 0 Å². The Morgan fingerprint density at radius 1 is 1.20 bits per heavy atom. The Kier molecular flexibility index (Phi) is 5.37. The van der Waals surface area contributed by atoms with E-state index in [1.54, 1.807) is 6.92 Å². The van der Waals surface area contributed by atoms with E-state index in [9.17, 15) is 9.59 Å². The highest BCUT2D eigenvalue weighted by Gasteiger charge is 2.30. The molecule has 0 radical (unpaired) electrons. The SMILES string of the molecule is CCOC(=O)c1cc(C2CCCC(=O)C2)c2c(OCC)ccccc1-2. The van der Waals surface area contributed by atoms with Gasteiger partial charge >= 0.3 is 5.97 Å². The lowest BCUT2D eigenvalue weighted by Gasteiger charge is -2.22. The Morgan fingerprint density at radius 2 is 2.00 bits per heavy atom. The predicted octanol–water partition coefficient (Wildman–Crippen LogP) is 4.59. The average molecular weight is 340 g/mol. The van der Waals surface area contributed by atoms with E-state index in [-0.39, 0.29) is 11.9 Å². The van der Waals surface area contributed by atoms with Crippen molar-refractivity contribution in [2.45, 2.75) is 45.4 Å². The molecule has 0 aliphatic heterocycles. The number of carbonyl (C=O) groups excluding carboxylic acids is 2. The van der Waals surface area contributed by atoms with Crippen molar-refractivity contribution in [3.8, 4) is 16.9 Å². The van der Waals surface area contributed by atoms with Crippen LogP contribution in [0.4, 0.5) is 0 Å². The van der Waals surface area contributed by atoms with Crippen LogP contribution in [0.3, 0.4) is 0 Å². The van der Waals surface area contributed by atoms with E-state index in [4.69, 9.17) is 9.47 Å². The minimum Gasteiger partial charge on any atom is -0.493 e. The summed E-state index contributed by atoms with van der Waals surface area (Å²) in [5, 5.41) is 0. The largest absolute Gasteiger partial charge is 0.493 e. The molecule has 0 aromatic heterocycles. The van der Waals surface area contributed by atoms with Gasteiger partial charge in [-0.3, -0.25) is 4.79 Å². The van der Waals surface area contributed by atoms with E-state index < -0.39 is 0 Å². The molecule has 0 aromatic rings. The Morgan fingerprint density at radius 3 is 2.72 bits per heavy atom. The van der Waals surface area contributed by atoms with Crippen LogP contribution < -0.4 is 4.74 Å². The number of ether oxygens (including phenoxy) is 2. The summed E-state index contributed by atoms with van der Waals surface area (Å²) in [4.78, 5) is 24.4. The van der Waals surface area contributed by atoms with E-state index in [0.29, 0.717) is 37.4 Å². The lowest BCUT2D eigenvalue weighted by Crippen LogP contribution is -2.13. The van der Waals surface area contributed by atoms with Gasteiger partial charge in [-0.05, 0) is 50.3 Å². The molecule has 0 bridgehead atoms. The molecule has 3 aliphatic carbocycles. The predicted molar refractivity (Wildman–Crippen MR) is 96.4 cm³/mol. The van der Waals surface area contributed by atoms with E-state index in [2.05, 4.69) is 0 Å². The zero-order valence-electron chi connectivity index (χ0n) is 14.8. The summed E-state index contributed by atoms with van der Waals surface area (Å²) < 4.78 is 11.1. The summed E-state index contributed by atoms with van der Waals surface area (Å²) in [6.07, 6.45) is 3.04. The van der Waals surface area contributed by atoms with Crippen LogP contribution in [0.5, 0.6) is 5.75 Å². The van der Waals surface area contributed by atoms with Gasteiger partial charge in [-0.2, -0.15) is 0 Å². The second-order valence-electron chi connectivity index (χ2n) is 6.37. The molecule has 1 unspecified atom stereocenters. The lowest BCUT2D eigenvalue weighted by atomic mass is 9.82. The molecule has 1 saturated carbocycles. The topological polar surface area (TPSA) is 52.6 Å². The van der Waals surface area contributed by atoms with Gasteiger partial charge in [0.15, 0.2) is 0 Å². The lowest BCUT2D eigenvalue weighted by molar-refractivity contribution is -0.120. The van der Waals surface area contributed by atoms with Gasteiger partial charge in [0.05, 0.1) is 18.8 Å². The van der Waals surface area contributed by atoms with Crippen LogP contribution >= 0.6 is 0 Å². The Hall–Kier alpha value is -2.36. The van der Waals surface area contributed by atoms with E-state index in [1.807, 2.05) is 37.3 Å². The van der Waals surface area contributed by atoms with E-state index in [0.717, 1.165) is 35.3 Å². The summed E-state index contributed by atoms with van der Waals surface area (Å²) in [6, 6.07) is 9.58. The molecule has 0 spiro atoms. The Labute approximate surface area is 148 Å². The monoisotopic (exact) mass is 340 g/mol. The minimum atomic E-state index is -0.325. The zero-order chi connectivity index (χ0) is 17.8. The van der Waals surface area contributed by atoms with E-state index in [1.165, 1.54) is 0 Å². The second-order valence-corrected chi connectivity index (χ2v) is 6.37. The first kappa shape index (κ1) is 17.5. The van der Waals surface area contributed by atoms with Gasteiger partial charge in [-0.1, -0.05) is 18.2 Å². The molecule has 0 aromatic carbocycles. The number of rotatable bonds is 5. The molecule has 25 heavy (non-hydrogen) atoms. The zero-order valence-corrected chi connectivity index (χ0v) is 14.8. The number of esters is 1. The Balaban J connectivity index is 2.16. The van der Waals surface area contributed by atoms with Crippen LogP contribution in [0.1, 0.15) is 61.4 Å². The first-order valence-electron chi connectivity index (χ1n) is 9.03. The first-order valence-corrected chi connectivity index (χ1v) is 9.03. The number of Topliss-reactive ketones (excluding diaryl/α,β-unsaturated/α-hetero) is 1. The first-order chi connectivity index (χ1) is 12.2. The fourth-order valence-electron chi connectivity index (χ4n) is 3.69. The Bertz CT molecular complexity index is 750. The van der Waals surface area contributed by atoms with Crippen LogP contribution in [-0.2, 0) is 9.53 Å². The van der Waals surface area contributed by atoms with Gasteiger partial charge in [-0.15, -0.1) is 0 Å². The third-order valence-electron chi connectivity index (χ3n) is 4.73. The quantitative estimate of drug-likeness (QED) is 0.747. The van der Waals surface area contributed by atoms with Gasteiger partial charge in [0, 0.05) is 24.0 Å². The van der Waals surface area contributed by atoms with Crippen LogP contribution in [-0.4, -0.2) is 25.0 Å². The molecule has 0 amide bonds. The number of fused-ring (bicyclic) bond motifs is 1. The van der Waals surface area contributed by atoms with E-state index >= 15 is 0 Å². The minimum absolute atomic E-state index is 0.133. The number of carbonyl (C=O) groups is 2. The van der Waals surface area contributed by atoms with Crippen molar-refractivity contribution in [2.75, 3.05) is 13.2 Å². The summed E-state index contributed by atoms with van der Waals surface area (Å²) in [6.45, 7) is 4.62. The normalized spacial score (nSPS) is 17.5. The third-order valence-corrected chi connectivity index (χ3v) is 4.73. The molecule has 4 nitrogen and oxygen atoms in total. The molecular formula is C21H24O4. The molecular weight excluding hydrogens is 316 g/mol. The molecule has 1 atom stereocenters. The van der Waals surface area contributed by atoms with Crippen LogP contribution in [0.25, 0.3) is 11.1 Å². The maximum atomic E-state index is 12.5. The third kappa shape index (κ3) is 3.53. The number of hydrogen-bond acceptors (Lipinski definition) is 4. The van der Waals surface area contributed by atoms with Crippen molar-refractivity contribution in [3.05, 3.63) is 41.5 Å². The van der Waals surface area contributed by atoms with Crippen LogP contribution in [0, 0.1) is 0 Å². The highest BCUT2D eigenvalue weighted by atomic mass is 16.5. The van der Waals surface area contributed by atoms with Gasteiger partial charge in [0.1, 0.15) is 11.5 Å². The summed E-state index contributed by atoms with van der Waals surface area (Å²) >= 11 is 0. The van der Waals surface area contributed by atoms with Crippen LogP contribution in [0.15, 0.2) is 30.3 Å². The van der Waals surface area contributed by atoms with Gasteiger partial charge < -0.3 is 9.47 Å². The molecule has 1 fully saturated rings. The summed E-state index contributed by atoms with van der Waals surface area (Å²) in [7, 11) is 0. The van der Waals surface area contributed by atoms with Crippen molar-refractivity contribution in [2.24, 2.45) is 0 Å². The highest BCUT2D eigenvalue weighted by Crippen LogP contribution is 2.45. The molecule has 0 saturated heterocycles. The van der Waals surface area contributed by atoms with Crippen molar-refractivity contribution in [1.29, 1.82) is 0 Å². The number of ketones is 1. The summed E-state index contributed by atoms with van der Waals surface area (Å²) in [5.74, 6) is 0.857. The molecule has 0 heterocycles. The second kappa shape index (κ2) is 7.68. The fraction of sp³-hybridized carbons (Fsp3) is 0.429. The molecule has 4 heteroatoms. The standard InChI is InChI=1S/C21H24O4/c1-3-24-19-11-6-5-10-16-18(21(23)25-4-2)13-17(20(16)19)14-8-7-9-15(22)12-14/h5-6,10-11,13-14H,3-4,7-9,12H2,1-2H3. The maximum Gasteiger partial charge on any atom is 0.338 e. The molecule has 3 aliphatic rings. The molecule has 132 valence electrons. The molecule has 0 N–H and O–H groups in total. The maximum absolute atomic E-state index is 12.5. The van der Waals surface area contributed by atoms with Crippen molar-refractivity contribution in [3.63, 3.8) is 0 Å². The average Bonchev–Trinajstić information content (AvgIpc) is 2.86. The smallest absolute Gasteiger partial charge is 0.338 e. The van der Waals surface area contributed by atoms with Crippen molar-refractivity contribution in [1.82, 2.24) is 0 Å². The highest BCUT2D eigenvalue weighted by molar-refractivity contribution is 6.01. The van der Waals surface area contributed by atoms with Crippen molar-refractivity contribution < 1.29 is 19.1 Å². The number of hydrogen-bond donors (Lipinski definition) is 0. The molecule has 3 rings (SSSR count). The van der Waals surface area contributed by atoms with Crippen molar-refractivity contribution >= 4 is 11.8 Å². The fourth-order valence-corrected chi connectivity index (χ4v) is 3.69. The van der Waals surface area contributed by atoms with Gasteiger partial charge in [0.25, 0.3) is 0 Å². The summed E-state index contributed by atoms with van der Waals surface area (Å²) in [5.41, 5.74) is 3.36.